The second-order valence-corrected chi connectivity index (χ2v) is 6.58. The molecular weight excluding hydrogens is 336 g/mol. The lowest BCUT2D eigenvalue weighted by Gasteiger charge is -2.34. The summed E-state index contributed by atoms with van der Waals surface area (Å²) in [5.41, 5.74) is 3.01. The van der Waals surface area contributed by atoms with Gasteiger partial charge in [-0.05, 0) is 42.7 Å². The Morgan fingerprint density at radius 1 is 1.27 bits per heavy atom. The minimum Gasteiger partial charge on any atom is -0.469 e. The molecule has 7 nitrogen and oxygen atoms in total. The number of carbonyl (C=O) groups is 2. The number of nitrogens with one attached hydrogen (secondary N) is 1. The molecule has 0 bridgehead atoms. The van der Waals surface area contributed by atoms with Gasteiger partial charge in [0.2, 0.25) is 5.91 Å². The first-order valence-electron chi connectivity index (χ1n) is 8.51. The van der Waals surface area contributed by atoms with Crippen LogP contribution in [0.25, 0.3) is 11.0 Å². The van der Waals surface area contributed by atoms with Crippen molar-refractivity contribution in [1.82, 2.24) is 10.2 Å². The smallest absolute Gasteiger partial charge is 0.336 e. The third-order valence-electron chi connectivity index (χ3n) is 4.85. The minimum absolute atomic E-state index is 0.0279. The number of piperazine rings is 1. The van der Waals surface area contributed by atoms with E-state index in [4.69, 9.17) is 9.15 Å². The first kappa shape index (κ1) is 18.1. The number of carbonyl (C=O) groups excluding carboxylic acids is 2. The van der Waals surface area contributed by atoms with Gasteiger partial charge < -0.3 is 14.5 Å². The molecule has 1 aliphatic rings. The normalized spacial score (nSPS) is 18.0. The van der Waals surface area contributed by atoms with E-state index < -0.39 is 17.6 Å². The Balaban J connectivity index is 1.98. The molecule has 138 valence electrons. The standard InChI is InChI=1S/C19H22N2O5/c1-11-6-14-13(8-18(23)26-16(14)7-12(11)2)10-21-5-4-20-19(24)15(21)9-17(22)25-3/h6-8,15H,4-5,9-10H2,1-3H3,(H,20,24)/t15-/m1/s1. The lowest BCUT2D eigenvalue weighted by molar-refractivity contribution is -0.146. The van der Waals surface area contributed by atoms with Crippen LogP contribution in [-0.4, -0.2) is 43.0 Å². The van der Waals surface area contributed by atoms with Crippen LogP contribution in [0.5, 0.6) is 0 Å². The Kier molecular flexibility index (Phi) is 5.08. The summed E-state index contributed by atoms with van der Waals surface area (Å²) >= 11 is 0. The van der Waals surface area contributed by atoms with E-state index in [2.05, 4.69) is 5.32 Å². The van der Waals surface area contributed by atoms with E-state index in [1.807, 2.05) is 30.9 Å². The number of rotatable bonds is 4. The van der Waals surface area contributed by atoms with Gasteiger partial charge in [0, 0.05) is 31.1 Å². The summed E-state index contributed by atoms with van der Waals surface area (Å²) in [5, 5.41) is 3.62. The highest BCUT2D eigenvalue weighted by Crippen LogP contribution is 2.24. The van der Waals surface area contributed by atoms with Crippen LogP contribution < -0.4 is 10.9 Å². The van der Waals surface area contributed by atoms with Crippen molar-refractivity contribution in [1.29, 1.82) is 0 Å². The van der Waals surface area contributed by atoms with Crippen LogP contribution in [0.1, 0.15) is 23.1 Å². The fourth-order valence-corrected chi connectivity index (χ4v) is 3.25. The van der Waals surface area contributed by atoms with Crippen molar-refractivity contribution in [2.24, 2.45) is 0 Å². The van der Waals surface area contributed by atoms with Gasteiger partial charge in [0.25, 0.3) is 0 Å². The van der Waals surface area contributed by atoms with E-state index in [-0.39, 0.29) is 12.3 Å². The summed E-state index contributed by atoms with van der Waals surface area (Å²) in [6.07, 6.45) is -0.0279. The zero-order valence-corrected chi connectivity index (χ0v) is 15.1. The van der Waals surface area contributed by atoms with Crippen LogP contribution in [-0.2, 0) is 20.9 Å². The maximum Gasteiger partial charge on any atom is 0.336 e. The van der Waals surface area contributed by atoms with Crippen LogP contribution in [0.4, 0.5) is 0 Å². The molecule has 26 heavy (non-hydrogen) atoms. The van der Waals surface area contributed by atoms with Gasteiger partial charge in [0.15, 0.2) is 0 Å². The molecule has 2 heterocycles. The van der Waals surface area contributed by atoms with E-state index in [0.717, 1.165) is 22.1 Å². The fourth-order valence-electron chi connectivity index (χ4n) is 3.25. The Hall–Kier alpha value is -2.67. The van der Waals surface area contributed by atoms with Gasteiger partial charge in [-0.25, -0.2) is 4.79 Å². The average molecular weight is 358 g/mol. The molecule has 2 aromatic rings. The van der Waals surface area contributed by atoms with Crippen LogP contribution in [0.15, 0.2) is 27.4 Å². The molecule has 1 fully saturated rings. The van der Waals surface area contributed by atoms with Crippen molar-refractivity contribution >= 4 is 22.8 Å². The first-order valence-corrected chi connectivity index (χ1v) is 8.51. The number of amides is 1. The average Bonchev–Trinajstić information content (AvgIpc) is 2.59. The highest BCUT2D eigenvalue weighted by Gasteiger charge is 2.32. The topological polar surface area (TPSA) is 88.9 Å². The summed E-state index contributed by atoms with van der Waals surface area (Å²) in [4.78, 5) is 37.8. The van der Waals surface area contributed by atoms with Crippen LogP contribution >= 0.6 is 0 Å². The molecule has 1 aromatic carbocycles. The number of hydrogen-bond acceptors (Lipinski definition) is 6. The Morgan fingerprint density at radius 3 is 2.73 bits per heavy atom. The highest BCUT2D eigenvalue weighted by atomic mass is 16.5. The molecule has 0 aliphatic carbocycles. The van der Waals surface area contributed by atoms with Crippen molar-refractivity contribution in [3.63, 3.8) is 0 Å². The molecule has 0 radical (unpaired) electrons. The number of nitrogens with zero attached hydrogens (tertiary/aromatic N) is 1. The van der Waals surface area contributed by atoms with Gasteiger partial charge in [-0.3, -0.25) is 14.5 Å². The predicted octanol–water partition coefficient (Wildman–Crippen LogP) is 1.27. The maximum absolute atomic E-state index is 12.2. The van der Waals surface area contributed by atoms with Gasteiger partial charge in [0.1, 0.15) is 11.6 Å². The molecule has 1 aromatic heterocycles. The van der Waals surface area contributed by atoms with E-state index in [0.29, 0.717) is 25.2 Å². The number of benzene rings is 1. The lowest BCUT2D eigenvalue weighted by atomic mass is 10.0. The van der Waals surface area contributed by atoms with Crippen molar-refractivity contribution in [2.45, 2.75) is 32.9 Å². The fraction of sp³-hybridized carbons (Fsp3) is 0.421. The number of fused-ring (bicyclic) bond motifs is 1. The van der Waals surface area contributed by atoms with Crippen LogP contribution in [0, 0.1) is 13.8 Å². The number of hydrogen-bond donors (Lipinski definition) is 1. The lowest BCUT2D eigenvalue weighted by Crippen LogP contribution is -2.55. The van der Waals surface area contributed by atoms with Crippen molar-refractivity contribution in [2.75, 3.05) is 20.2 Å². The van der Waals surface area contributed by atoms with E-state index in [9.17, 15) is 14.4 Å². The SMILES string of the molecule is COC(=O)C[C@@H]1C(=O)NCCN1Cc1cc(=O)oc2cc(C)c(C)cc12. The molecule has 0 spiro atoms. The quantitative estimate of drug-likeness (QED) is 0.654. The molecule has 3 rings (SSSR count). The van der Waals surface area contributed by atoms with Gasteiger partial charge in [0.05, 0.1) is 13.5 Å². The molecule has 7 heteroatoms. The summed E-state index contributed by atoms with van der Waals surface area (Å²) < 4.78 is 10.0. The molecule has 1 N–H and O–H groups in total. The molecular formula is C19H22N2O5. The third-order valence-corrected chi connectivity index (χ3v) is 4.85. The number of methoxy groups -OCH3 is 1. The monoisotopic (exact) mass is 358 g/mol. The van der Waals surface area contributed by atoms with Gasteiger partial charge in [-0.15, -0.1) is 0 Å². The van der Waals surface area contributed by atoms with Crippen molar-refractivity contribution in [3.05, 3.63) is 45.3 Å². The summed E-state index contributed by atoms with van der Waals surface area (Å²) in [7, 11) is 1.30. The maximum atomic E-state index is 12.2. The van der Waals surface area contributed by atoms with Crippen LogP contribution in [0.2, 0.25) is 0 Å². The Labute approximate surface area is 150 Å². The van der Waals surface area contributed by atoms with E-state index >= 15 is 0 Å². The molecule has 1 atom stereocenters. The highest BCUT2D eigenvalue weighted by molar-refractivity contribution is 5.87. The summed E-state index contributed by atoms with van der Waals surface area (Å²) in [6.45, 7) is 5.41. The Morgan fingerprint density at radius 2 is 2.00 bits per heavy atom. The van der Waals surface area contributed by atoms with Gasteiger partial charge >= 0.3 is 11.6 Å². The number of esters is 1. The minimum atomic E-state index is -0.620. The molecule has 1 aliphatic heterocycles. The largest absolute Gasteiger partial charge is 0.469 e. The molecule has 0 saturated carbocycles. The van der Waals surface area contributed by atoms with Gasteiger partial charge in [-0.2, -0.15) is 0 Å². The number of aryl methyl sites for hydroxylation is 2. The van der Waals surface area contributed by atoms with E-state index in [1.165, 1.54) is 13.2 Å². The Bertz CT molecular complexity index is 918. The number of ether oxygens (including phenoxy) is 1. The second kappa shape index (κ2) is 7.29. The van der Waals surface area contributed by atoms with E-state index in [1.54, 1.807) is 0 Å². The zero-order valence-electron chi connectivity index (χ0n) is 15.1. The molecule has 1 saturated heterocycles. The van der Waals surface area contributed by atoms with Crippen molar-refractivity contribution < 1.29 is 18.7 Å². The predicted molar refractivity (Wildman–Crippen MR) is 95.8 cm³/mol. The second-order valence-electron chi connectivity index (χ2n) is 6.58. The summed E-state index contributed by atoms with van der Waals surface area (Å²) in [5.74, 6) is -0.651. The first-order chi connectivity index (χ1) is 12.4. The van der Waals surface area contributed by atoms with Gasteiger partial charge in [-0.1, -0.05) is 0 Å². The van der Waals surface area contributed by atoms with Crippen LogP contribution in [0.3, 0.4) is 0 Å². The van der Waals surface area contributed by atoms with Crippen molar-refractivity contribution in [3.8, 4) is 0 Å². The molecule has 0 unspecified atom stereocenters. The molecule has 1 amide bonds. The third kappa shape index (κ3) is 3.62. The zero-order chi connectivity index (χ0) is 18.8. The summed E-state index contributed by atoms with van der Waals surface area (Å²) in [6, 6.07) is 4.68.